The van der Waals surface area contributed by atoms with Crippen LogP contribution in [0.2, 0.25) is 0 Å². The fourth-order valence-corrected chi connectivity index (χ4v) is 4.15. The third-order valence-corrected chi connectivity index (χ3v) is 6.01. The molecule has 11 nitrogen and oxygen atoms in total. The van der Waals surface area contributed by atoms with Crippen molar-refractivity contribution in [3.63, 3.8) is 0 Å². The van der Waals surface area contributed by atoms with Gasteiger partial charge in [0, 0.05) is 30.8 Å². The Morgan fingerprint density at radius 3 is 2.64 bits per heavy atom. The molecular formula is C25H32O11. The summed E-state index contributed by atoms with van der Waals surface area (Å²) in [5.74, 6) is -2.52. The van der Waals surface area contributed by atoms with Crippen LogP contribution in [0.25, 0.3) is 0 Å². The Hall–Kier alpha value is -3.12. The van der Waals surface area contributed by atoms with Crippen LogP contribution in [0.15, 0.2) is 41.7 Å². The Morgan fingerprint density at radius 1 is 1.19 bits per heavy atom. The van der Waals surface area contributed by atoms with Crippen molar-refractivity contribution in [1.82, 2.24) is 0 Å². The molecule has 4 N–H and O–H groups in total. The van der Waals surface area contributed by atoms with Gasteiger partial charge in [-0.15, -0.1) is 0 Å². The van der Waals surface area contributed by atoms with E-state index in [0.29, 0.717) is 17.6 Å². The Morgan fingerprint density at radius 2 is 1.97 bits per heavy atom. The van der Waals surface area contributed by atoms with Crippen molar-refractivity contribution in [1.29, 1.82) is 0 Å². The summed E-state index contributed by atoms with van der Waals surface area (Å²) in [5, 5.41) is 38.5. The summed E-state index contributed by atoms with van der Waals surface area (Å²) >= 11 is 0. The number of hydrogen-bond donors (Lipinski definition) is 4. The number of allylic oxidation sites excluding steroid dienone is 1. The molecular weight excluding hydrogens is 476 g/mol. The lowest BCUT2D eigenvalue weighted by Crippen LogP contribution is -2.42. The smallest absolute Gasteiger partial charge is 0.337 e. The van der Waals surface area contributed by atoms with Gasteiger partial charge in [0.1, 0.15) is 0 Å². The van der Waals surface area contributed by atoms with E-state index in [0.717, 1.165) is 0 Å². The highest BCUT2D eigenvalue weighted by molar-refractivity contribution is 5.90. The van der Waals surface area contributed by atoms with Gasteiger partial charge in [0.05, 0.1) is 50.8 Å². The lowest BCUT2D eigenvalue weighted by molar-refractivity contribution is -0.268. The maximum absolute atomic E-state index is 12.7. The predicted octanol–water partition coefficient (Wildman–Crippen LogP) is 1.42. The first-order valence-electron chi connectivity index (χ1n) is 11.6. The van der Waals surface area contributed by atoms with E-state index in [4.69, 9.17) is 23.7 Å². The average molecular weight is 509 g/mol. The highest BCUT2D eigenvalue weighted by atomic mass is 16.8. The van der Waals surface area contributed by atoms with E-state index in [1.54, 1.807) is 19.1 Å². The number of phenolic OH excluding ortho intramolecular Hbond substituents is 2. The van der Waals surface area contributed by atoms with Gasteiger partial charge in [0.2, 0.25) is 6.29 Å². The maximum atomic E-state index is 12.7. The van der Waals surface area contributed by atoms with Crippen LogP contribution in [0.4, 0.5) is 0 Å². The molecule has 36 heavy (non-hydrogen) atoms. The van der Waals surface area contributed by atoms with Gasteiger partial charge in [0.15, 0.2) is 17.8 Å². The highest BCUT2D eigenvalue weighted by Crippen LogP contribution is 2.36. The summed E-state index contributed by atoms with van der Waals surface area (Å²) in [7, 11) is 1.22. The number of carbonyl (C=O) groups is 2. The van der Waals surface area contributed by atoms with Crippen molar-refractivity contribution < 1.29 is 53.7 Å². The molecule has 0 amide bonds. The number of methoxy groups -OCH3 is 1. The molecule has 1 aromatic carbocycles. The molecule has 2 aliphatic heterocycles. The van der Waals surface area contributed by atoms with Crippen molar-refractivity contribution in [2.75, 3.05) is 20.3 Å². The predicted molar refractivity (Wildman–Crippen MR) is 123 cm³/mol. The molecule has 1 aromatic rings. The van der Waals surface area contributed by atoms with Gasteiger partial charge in [0.25, 0.3) is 0 Å². The molecule has 0 bridgehead atoms. The third-order valence-electron chi connectivity index (χ3n) is 6.01. The molecule has 198 valence electrons. The summed E-state index contributed by atoms with van der Waals surface area (Å²) in [4.78, 5) is 25.1. The minimum atomic E-state index is -1.00. The van der Waals surface area contributed by atoms with Crippen LogP contribution < -0.4 is 0 Å². The van der Waals surface area contributed by atoms with Gasteiger partial charge < -0.3 is 44.1 Å². The number of aromatic hydroxyl groups is 2. The zero-order valence-corrected chi connectivity index (χ0v) is 20.2. The van der Waals surface area contributed by atoms with E-state index >= 15 is 0 Å². The molecule has 2 heterocycles. The van der Waals surface area contributed by atoms with Gasteiger partial charge in [-0.05, 0) is 24.6 Å². The van der Waals surface area contributed by atoms with Gasteiger partial charge in [-0.25, -0.2) is 4.79 Å². The van der Waals surface area contributed by atoms with Crippen molar-refractivity contribution >= 4 is 11.9 Å². The molecule has 0 saturated carbocycles. The van der Waals surface area contributed by atoms with Crippen LogP contribution in [0.3, 0.4) is 0 Å². The SMILES string of the molecule is C/C=C1\C(OC2CC(O)CC(CO)O2)OC=C(C(=O)OC)C1CC(=O)OCCc1ccc(O)c(O)c1. The van der Waals surface area contributed by atoms with Crippen LogP contribution in [-0.2, 0) is 39.7 Å². The number of benzene rings is 1. The van der Waals surface area contributed by atoms with Crippen LogP contribution in [0.5, 0.6) is 11.5 Å². The number of hydrogen-bond acceptors (Lipinski definition) is 11. The number of ether oxygens (including phenoxy) is 5. The molecule has 5 unspecified atom stereocenters. The first-order chi connectivity index (χ1) is 17.2. The molecule has 5 atom stereocenters. The lowest BCUT2D eigenvalue weighted by Gasteiger charge is -2.37. The molecule has 1 fully saturated rings. The maximum Gasteiger partial charge on any atom is 0.337 e. The third kappa shape index (κ3) is 6.97. The second-order valence-corrected chi connectivity index (χ2v) is 8.50. The second kappa shape index (κ2) is 12.7. The molecule has 1 saturated heterocycles. The molecule has 3 rings (SSSR count). The monoisotopic (exact) mass is 508 g/mol. The summed E-state index contributed by atoms with van der Waals surface area (Å²) < 4.78 is 27.4. The Kier molecular flexibility index (Phi) is 9.71. The Bertz CT molecular complexity index is 986. The number of esters is 2. The fraction of sp³-hybridized carbons (Fsp3) is 0.520. The van der Waals surface area contributed by atoms with Crippen molar-refractivity contribution in [2.24, 2.45) is 5.92 Å². The van der Waals surface area contributed by atoms with Crippen LogP contribution >= 0.6 is 0 Å². The van der Waals surface area contributed by atoms with Crippen LogP contribution in [0.1, 0.15) is 31.7 Å². The zero-order valence-electron chi connectivity index (χ0n) is 20.2. The van der Waals surface area contributed by atoms with E-state index in [9.17, 15) is 30.0 Å². The number of phenols is 2. The molecule has 0 aliphatic carbocycles. The quantitative estimate of drug-likeness (QED) is 0.217. The molecule has 0 aromatic heterocycles. The summed E-state index contributed by atoms with van der Waals surface area (Å²) in [6.07, 6.45) is 0.234. The van der Waals surface area contributed by atoms with Gasteiger partial charge in [-0.2, -0.15) is 0 Å². The number of aliphatic hydroxyl groups is 2. The van der Waals surface area contributed by atoms with Gasteiger partial charge in [-0.3, -0.25) is 4.79 Å². The van der Waals surface area contributed by atoms with Crippen LogP contribution in [0, 0.1) is 5.92 Å². The summed E-state index contributed by atoms with van der Waals surface area (Å²) in [6, 6.07) is 4.33. The first-order valence-corrected chi connectivity index (χ1v) is 11.6. The number of aliphatic hydroxyl groups excluding tert-OH is 2. The topological polar surface area (TPSA) is 161 Å². The van der Waals surface area contributed by atoms with E-state index < -0.39 is 42.6 Å². The normalized spacial score (nSPS) is 27.2. The van der Waals surface area contributed by atoms with Gasteiger partial charge >= 0.3 is 11.9 Å². The van der Waals surface area contributed by atoms with E-state index in [2.05, 4.69) is 0 Å². The van der Waals surface area contributed by atoms with Crippen molar-refractivity contribution in [3.8, 4) is 11.5 Å². The van der Waals surface area contributed by atoms with Crippen molar-refractivity contribution in [3.05, 3.63) is 47.2 Å². The number of carbonyl (C=O) groups excluding carboxylic acids is 2. The van der Waals surface area contributed by atoms with E-state index in [1.165, 1.54) is 25.5 Å². The highest BCUT2D eigenvalue weighted by Gasteiger charge is 2.39. The molecule has 0 radical (unpaired) electrons. The lowest BCUT2D eigenvalue weighted by atomic mass is 9.86. The second-order valence-electron chi connectivity index (χ2n) is 8.50. The van der Waals surface area contributed by atoms with Crippen LogP contribution in [-0.4, -0.2) is 77.5 Å². The first kappa shape index (κ1) is 27.5. The standard InChI is InChI=1S/C25H32O11/c1-3-17-18(11-22(30)33-7-6-14-4-5-20(28)21(29)8-14)19(24(31)32-2)13-34-25(17)36-23-10-15(27)9-16(12-26)35-23/h3-5,8,13,15-16,18,23,25-29H,6-7,9-12H2,1-2H3/b17-3-. The fourth-order valence-electron chi connectivity index (χ4n) is 4.15. The van der Waals surface area contributed by atoms with E-state index in [-0.39, 0.29) is 49.5 Å². The zero-order chi connectivity index (χ0) is 26.2. The minimum Gasteiger partial charge on any atom is -0.504 e. The number of rotatable bonds is 9. The molecule has 0 spiro atoms. The van der Waals surface area contributed by atoms with E-state index in [1.807, 2.05) is 0 Å². The van der Waals surface area contributed by atoms with Gasteiger partial charge in [-0.1, -0.05) is 12.1 Å². The Labute approximate surface area is 208 Å². The molecule has 2 aliphatic rings. The minimum absolute atomic E-state index is 0.0188. The Balaban J connectivity index is 1.67. The largest absolute Gasteiger partial charge is 0.504 e. The molecule has 11 heteroatoms. The summed E-state index contributed by atoms with van der Waals surface area (Å²) in [6.45, 7) is 1.45. The summed E-state index contributed by atoms with van der Waals surface area (Å²) in [5.41, 5.74) is 1.25. The van der Waals surface area contributed by atoms with Crippen molar-refractivity contribution in [2.45, 2.75) is 57.4 Å². The average Bonchev–Trinajstić information content (AvgIpc) is 2.85.